The van der Waals surface area contributed by atoms with Gasteiger partial charge in [-0.25, -0.2) is 0 Å². The largest absolute Gasteiger partial charge is 0.394 e. The van der Waals surface area contributed by atoms with E-state index in [4.69, 9.17) is 0 Å². The van der Waals surface area contributed by atoms with Gasteiger partial charge < -0.3 is 15.5 Å². The molecule has 0 radical (unpaired) electrons. The van der Waals surface area contributed by atoms with Gasteiger partial charge in [0.1, 0.15) is 0 Å². The third-order valence-corrected chi connectivity index (χ3v) is 17.4. The smallest absolute Gasteiger partial charge is 0.220 e. The second-order valence-electron chi connectivity index (χ2n) is 25.7. The molecule has 0 aromatic rings. The summed E-state index contributed by atoms with van der Waals surface area (Å²) in [7, 11) is 0. The number of aliphatic hydroxyl groups is 2. The Balaban J connectivity index is 3.46. The number of rotatable bonds is 70. The maximum absolute atomic E-state index is 12.6. The highest BCUT2D eigenvalue weighted by atomic mass is 16.3. The lowest BCUT2D eigenvalue weighted by Crippen LogP contribution is -2.45. The first-order chi connectivity index (χ1) is 41.2. The van der Waals surface area contributed by atoms with Gasteiger partial charge in [0.05, 0.1) is 18.8 Å². The number of aliphatic hydroxyl groups excluding tert-OH is 2. The molecule has 2 unspecified atom stereocenters. The molecule has 4 heteroatoms. The third-order valence-electron chi connectivity index (χ3n) is 17.4. The van der Waals surface area contributed by atoms with Gasteiger partial charge in [-0.2, -0.15) is 0 Å². The van der Waals surface area contributed by atoms with Crippen molar-refractivity contribution >= 4 is 5.91 Å². The minimum Gasteiger partial charge on any atom is -0.394 e. The SMILES string of the molecule is CCCCCCC/C=C\C/C=C\C/C=C\CCCCCCCCCCCCCCCCCCCCCCCCCCC(=O)NC(CO)C(O)/C=C/CC/C=C/CC/C=C/CCCCCCCCCCCCCCCCCCCCCCCC. The fraction of sp³-hybridized carbons (Fsp3) is 0.835. The summed E-state index contributed by atoms with van der Waals surface area (Å²) >= 11 is 0. The van der Waals surface area contributed by atoms with Gasteiger partial charge in [0, 0.05) is 6.42 Å². The molecule has 0 aromatic heterocycles. The molecule has 486 valence electrons. The molecule has 0 aromatic carbocycles. The van der Waals surface area contributed by atoms with E-state index >= 15 is 0 Å². The predicted molar refractivity (Wildman–Crippen MR) is 373 cm³/mol. The molecular formula is C79H147NO3. The molecule has 0 saturated heterocycles. The molecule has 0 heterocycles. The molecule has 0 aliphatic carbocycles. The lowest BCUT2D eigenvalue weighted by Gasteiger charge is -2.19. The Kier molecular flexibility index (Phi) is 72.1. The average Bonchev–Trinajstić information content (AvgIpc) is 3.51. The summed E-state index contributed by atoms with van der Waals surface area (Å²) < 4.78 is 0. The second kappa shape index (κ2) is 74.1. The van der Waals surface area contributed by atoms with E-state index in [0.717, 1.165) is 51.4 Å². The van der Waals surface area contributed by atoms with Crippen molar-refractivity contribution in [3.8, 4) is 0 Å². The van der Waals surface area contributed by atoms with E-state index in [-0.39, 0.29) is 12.5 Å². The van der Waals surface area contributed by atoms with Crippen LogP contribution in [0.1, 0.15) is 406 Å². The highest BCUT2D eigenvalue weighted by Crippen LogP contribution is 2.19. The van der Waals surface area contributed by atoms with Crippen molar-refractivity contribution in [1.82, 2.24) is 5.32 Å². The number of amides is 1. The molecule has 0 rings (SSSR count). The fourth-order valence-electron chi connectivity index (χ4n) is 11.7. The second-order valence-corrected chi connectivity index (χ2v) is 25.7. The number of hydrogen-bond acceptors (Lipinski definition) is 3. The molecule has 0 spiro atoms. The summed E-state index contributed by atoms with van der Waals surface area (Å²) in [5.41, 5.74) is 0. The van der Waals surface area contributed by atoms with Gasteiger partial charge >= 0.3 is 0 Å². The van der Waals surface area contributed by atoms with E-state index in [1.807, 2.05) is 6.08 Å². The Labute approximate surface area is 520 Å². The van der Waals surface area contributed by atoms with Crippen LogP contribution in [-0.2, 0) is 4.79 Å². The van der Waals surface area contributed by atoms with Gasteiger partial charge in [-0.1, -0.05) is 389 Å². The molecule has 0 aliphatic rings. The van der Waals surface area contributed by atoms with Crippen LogP contribution < -0.4 is 5.32 Å². The monoisotopic (exact) mass is 1160 g/mol. The van der Waals surface area contributed by atoms with Crippen LogP contribution in [0, 0.1) is 0 Å². The number of allylic oxidation sites excluding steroid dienone is 11. The third kappa shape index (κ3) is 70.5. The van der Waals surface area contributed by atoms with Crippen LogP contribution in [0.25, 0.3) is 0 Å². The Hall–Kier alpha value is -2.17. The zero-order valence-electron chi connectivity index (χ0n) is 56.2. The number of hydrogen-bond donors (Lipinski definition) is 3. The van der Waals surface area contributed by atoms with Gasteiger partial charge in [0.15, 0.2) is 0 Å². The first kappa shape index (κ1) is 80.8. The van der Waals surface area contributed by atoms with Crippen LogP contribution in [0.4, 0.5) is 0 Å². The topological polar surface area (TPSA) is 69.6 Å². The van der Waals surface area contributed by atoms with Gasteiger partial charge in [0.2, 0.25) is 5.91 Å². The van der Waals surface area contributed by atoms with Crippen LogP contribution >= 0.6 is 0 Å². The Bertz CT molecular complexity index is 1410. The van der Waals surface area contributed by atoms with E-state index < -0.39 is 12.1 Å². The van der Waals surface area contributed by atoms with Crippen molar-refractivity contribution in [2.75, 3.05) is 6.61 Å². The van der Waals surface area contributed by atoms with Crippen molar-refractivity contribution in [3.63, 3.8) is 0 Å². The van der Waals surface area contributed by atoms with Crippen LogP contribution in [0.3, 0.4) is 0 Å². The van der Waals surface area contributed by atoms with Crippen LogP contribution in [0.2, 0.25) is 0 Å². The van der Waals surface area contributed by atoms with Crippen molar-refractivity contribution in [3.05, 3.63) is 72.9 Å². The molecule has 0 fully saturated rings. The molecule has 0 bridgehead atoms. The summed E-state index contributed by atoms with van der Waals surface area (Å²) in [6.45, 7) is 4.32. The van der Waals surface area contributed by atoms with E-state index in [2.05, 4.69) is 79.9 Å². The number of nitrogens with one attached hydrogen (secondary N) is 1. The highest BCUT2D eigenvalue weighted by molar-refractivity contribution is 5.76. The summed E-state index contributed by atoms with van der Waals surface area (Å²) in [5.74, 6) is -0.0715. The molecular weight excluding hydrogens is 1010 g/mol. The maximum atomic E-state index is 12.6. The van der Waals surface area contributed by atoms with E-state index in [1.165, 1.54) is 334 Å². The van der Waals surface area contributed by atoms with Crippen molar-refractivity contribution in [1.29, 1.82) is 0 Å². The van der Waals surface area contributed by atoms with Crippen LogP contribution in [0.15, 0.2) is 72.9 Å². The number of carbonyl (C=O) groups excluding carboxylic acids is 1. The zero-order valence-corrected chi connectivity index (χ0v) is 56.2. The van der Waals surface area contributed by atoms with Crippen LogP contribution in [-0.4, -0.2) is 34.9 Å². The summed E-state index contributed by atoms with van der Waals surface area (Å²) in [4.78, 5) is 12.6. The Morgan fingerprint density at radius 3 is 0.783 bits per heavy atom. The predicted octanol–water partition coefficient (Wildman–Crippen LogP) is 26.0. The zero-order chi connectivity index (χ0) is 59.8. The number of unbranched alkanes of at least 4 members (excludes halogenated alkanes) is 53. The van der Waals surface area contributed by atoms with Gasteiger partial charge in [0.25, 0.3) is 0 Å². The summed E-state index contributed by atoms with van der Waals surface area (Å²) in [6, 6.07) is -0.649. The minimum atomic E-state index is -0.874. The lowest BCUT2D eigenvalue weighted by molar-refractivity contribution is -0.123. The maximum Gasteiger partial charge on any atom is 0.220 e. The van der Waals surface area contributed by atoms with Gasteiger partial charge in [-0.05, 0) is 83.5 Å². The normalized spacial score (nSPS) is 13.1. The first-order valence-electron chi connectivity index (χ1n) is 37.7. The minimum absolute atomic E-state index is 0.0715. The van der Waals surface area contributed by atoms with Crippen molar-refractivity contribution in [2.45, 2.75) is 418 Å². The molecule has 4 nitrogen and oxygen atoms in total. The standard InChI is InChI=1S/C79H147NO3/c1-3-5-7-9-11-13-15-17-19-21-23-25-27-29-31-33-35-37-38-39-40-41-42-43-45-47-49-51-53-55-57-59-61-63-65-67-69-71-73-75-79(83)80-77(76-81)78(82)74-72-70-68-66-64-62-60-58-56-54-52-50-48-46-44-36-34-32-30-28-26-24-22-20-18-16-14-12-10-8-6-4-2/h15,17,21,23,27,29,56,58,64,66,72,74,77-78,81-82H,3-14,16,18-20,22,24-26,28,30-55,57,59-63,65,67-71,73,75-76H2,1-2H3,(H,80,83)/b17-15-,23-21-,29-27-,58-56+,66-64+,74-72+. The lowest BCUT2D eigenvalue weighted by atomic mass is 10.0. The molecule has 83 heavy (non-hydrogen) atoms. The molecule has 2 atom stereocenters. The average molecular weight is 1160 g/mol. The highest BCUT2D eigenvalue weighted by Gasteiger charge is 2.18. The van der Waals surface area contributed by atoms with Gasteiger partial charge in [-0.3, -0.25) is 4.79 Å². The summed E-state index contributed by atoms with van der Waals surface area (Å²) in [6.07, 6.45) is 107. The van der Waals surface area contributed by atoms with Crippen LogP contribution in [0.5, 0.6) is 0 Å². The summed E-state index contributed by atoms with van der Waals surface area (Å²) in [5, 5.41) is 23.3. The fourth-order valence-corrected chi connectivity index (χ4v) is 11.7. The number of carbonyl (C=O) groups is 1. The Morgan fingerprint density at radius 2 is 0.506 bits per heavy atom. The van der Waals surface area contributed by atoms with Crippen molar-refractivity contribution in [2.24, 2.45) is 0 Å². The Morgan fingerprint density at radius 1 is 0.289 bits per heavy atom. The molecule has 3 N–H and O–H groups in total. The molecule has 0 aliphatic heterocycles. The van der Waals surface area contributed by atoms with Crippen molar-refractivity contribution < 1.29 is 15.0 Å². The molecule has 0 saturated carbocycles. The van der Waals surface area contributed by atoms with Gasteiger partial charge in [-0.15, -0.1) is 0 Å². The first-order valence-corrected chi connectivity index (χ1v) is 37.7. The van der Waals surface area contributed by atoms with E-state index in [0.29, 0.717) is 6.42 Å². The quantitative estimate of drug-likeness (QED) is 0.0420. The van der Waals surface area contributed by atoms with E-state index in [9.17, 15) is 15.0 Å². The van der Waals surface area contributed by atoms with E-state index in [1.54, 1.807) is 6.08 Å². The molecule has 1 amide bonds.